The van der Waals surface area contributed by atoms with E-state index < -0.39 is 11.5 Å². The molecular weight excluding hydrogens is 416 g/mol. The molecule has 0 saturated heterocycles. The van der Waals surface area contributed by atoms with Gasteiger partial charge in [-0.05, 0) is 13.0 Å². The van der Waals surface area contributed by atoms with Gasteiger partial charge in [0.25, 0.3) is 5.91 Å². The maximum absolute atomic E-state index is 12.6. The first-order valence-electron chi connectivity index (χ1n) is 8.73. The Labute approximate surface area is 174 Å². The average molecular weight is 436 g/mol. The molecule has 3 heterocycles. The van der Waals surface area contributed by atoms with Gasteiger partial charge in [0.05, 0.1) is 31.7 Å². The number of hydrogen-bond donors (Lipinski definition) is 3. The lowest BCUT2D eigenvalue weighted by Crippen LogP contribution is -2.23. The molecular formula is C17H20N6O6S. The number of nitrogens with zero attached hydrogens (tertiary/aromatic N) is 4. The van der Waals surface area contributed by atoms with Crippen LogP contribution < -0.4 is 21.0 Å². The lowest BCUT2D eigenvalue weighted by atomic mass is 10.2. The molecule has 0 aliphatic carbocycles. The van der Waals surface area contributed by atoms with Crippen molar-refractivity contribution in [2.45, 2.75) is 19.6 Å². The van der Waals surface area contributed by atoms with Crippen molar-refractivity contribution in [2.24, 2.45) is 0 Å². The summed E-state index contributed by atoms with van der Waals surface area (Å²) < 4.78 is 16.6. The maximum atomic E-state index is 12.6. The number of carbonyl (C=O) groups excluding carboxylic acids is 1. The van der Waals surface area contributed by atoms with Crippen LogP contribution in [-0.4, -0.2) is 57.9 Å². The highest BCUT2D eigenvalue weighted by Crippen LogP contribution is 2.24. The third-order valence-electron chi connectivity index (χ3n) is 3.85. The molecule has 3 aromatic rings. The first kappa shape index (κ1) is 21.4. The average Bonchev–Trinajstić information content (AvgIpc) is 3.36. The van der Waals surface area contributed by atoms with Gasteiger partial charge in [-0.15, -0.1) is 10.2 Å². The molecule has 12 nitrogen and oxygen atoms in total. The Morgan fingerprint density at radius 3 is 2.90 bits per heavy atom. The number of nitrogens with one attached hydrogen (secondary N) is 2. The molecule has 3 N–H and O–H groups in total. The highest BCUT2D eigenvalue weighted by molar-refractivity contribution is 7.17. The molecule has 0 aromatic carbocycles. The zero-order valence-corrected chi connectivity index (χ0v) is 17.2. The first-order valence-corrected chi connectivity index (χ1v) is 9.55. The molecule has 0 aliphatic rings. The molecule has 0 unspecified atom stereocenters. The van der Waals surface area contributed by atoms with E-state index in [0.29, 0.717) is 23.1 Å². The number of carbonyl (C=O) groups is 1. The summed E-state index contributed by atoms with van der Waals surface area (Å²) in [6.07, 6.45) is 1.51. The summed E-state index contributed by atoms with van der Waals surface area (Å²) in [6, 6.07) is 2.84. The highest BCUT2D eigenvalue weighted by Gasteiger charge is 2.20. The second-order valence-electron chi connectivity index (χ2n) is 6.08. The third kappa shape index (κ3) is 4.64. The number of aliphatic hydroxyl groups is 1. The van der Waals surface area contributed by atoms with Crippen LogP contribution in [0, 0.1) is 0 Å². The molecule has 160 valence electrons. The summed E-state index contributed by atoms with van der Waals surface area (Å²) in [5.41, 5.74) is 0.0101. The Morgan fingerprint density at radius 2 is 2.20 bits per heavy atom. The predicted octanol–water partition coefficient (Wildman–Crippen LogP) is 0.877. The van der Waals surface area contributed by atoms with Crippen LogP contribution in [0.4, 0.5) is 10.8 Å². The molecule has 0 spiro atoms. The van der Waals surface area contributed by atoms with Gasteiger partial charge in [-0.1, -0.05) is 11.3 Å². The molecule has 1 amide bonds. The van der Waals surface area contributed by atoms with E-state index in [1.807, 2.05) is 6.92 Å². The van der Waals surface area contributed by atoms with Crippen molar-refractivity contribution in [1.82, 2.24) is 20.0 Å². The lowest BCUT2D eigenvalue weighted by Gasteiger charge is -2.16. The lowest BCUT2D eigenvalue weighted by molar-refractivity contribution is 0.0991. The molecule has 0 saturated carbocycles. The Kier molecular flexibility index (Phi) is 6.76. The van der Waals surface area contributed by atoms with Gasteiger partial charge in [-0.25, -0.2) is 9.48 Å². The monoisotopic (exact) mass is 436 g/mol. The van der Waals surface area contributed by atoms with Gasteiger partial charge in [0.15, 0.2) is 5.76 Å². The number of rotatable bonds is 9. The fraction of sp³-hybridized carbons (Fsp3) is 0.353. The minimum Gasteiger partial charge on any atom is -0.488 e. The van der Waals surface area contributed by atoms with Crippen LogP contribution in [0.3, 0.4) is 0 Å². The number of amides is 1. The number of aromatic nitrogens is 4. The quantitative estimate of drug-likeness (QED) is 0.440. The molecule has 1 atom stereocenters. The van der Waals surface area contributed by atoms with E-state index in [2.05, 4.69) is 25.9 Å². The normalized spacial score (nSPS) is 11.9. The number of ether oxygens (including phenoxy) is 2. The molecule has 0 fully saturated rings. The van der Waals surface area contributed by atoms with Gasteiger partial charge < -0.3 is 24.3 Å². The highest BCUT2D eigenvalue weighted by atomic mass is 32.1. The molecule has 0 bridgehead atoms. The van der Waals surface area contributed by atoms with Gasteiger partial charge in [-0.3, -0.25) is 10.1 Å². The van der Waals surface area contributed by atoms with Crippen LogP contribution in [0.15, 0.2) is 27.5 Å². The first-order chi connectivity index (χ1) is 14.5. The molecule has 3 rings (SSSR count). The van der Waals surface area contributed by atoms with Gasteiger partial charge >= 0.3 is 5.63 Å². The molecule has 30 heavy (non-hydrogen) atoms. The van der Waals surface area contributed by atoms with E-state index in [9.17, 15) is 14.7 Å². The smallest absolute Gasteiger partial charge is 0.381 e. The van der Waals surface area contributed by atoms with E-state index >= 15 is 0 Å². The van der Waals surface area contributed by atoms with E-state index in [4.69, 9.17) is 13.9 Å². The Morgan fingerprint density at radius 1 is 1.40 bits per heavy atom. The maximum Gasteiger partial charge on any atom is 0.381 e. The number of aliphatic hydroxyl groups excluding tert-OH is 1. The Hall–Kier alpha value is -3.29. The number of hydrogen-bond acceptors (Lipinski definition) is 11. The second-order valence-corrected chi connectivity index (χ2v) is 7.04. The van der Waals surface area contributed by atoms with Crippen LogP contribution in [0.1, 0.15) is 23.2 Å². The van der Waals surface area contributed by atoms with Crippen LogP contribution in [0.5, 0.6) is 5.75 Å². The number of anilines is 2. The van der Waals surface area contributed by atoms with Crippen LogP contribution >= 0.6 is 11.3 Å². The summed E-state index contributed by atoms with van der Waals surface area (Å²) in [4.78, 5) is 24.8. The second kappa shape index (κ2) is 9.47. The molecule has 0 aliphatic heterocycles. The standard InChI is InChI=1S/C17H20N6O6S/c1-9(8-27-2)19-11-6-12(29-15(26)13(11)28-3)14(25)20-16-21-22-17(30-16)23-10(7-24)4-5-18-23/h4-6,9,19,24H,7-8H2,1-3H3,(H,20,21,25)/t9-/m1/s1. The van der Waals surface area contributed by atoms with Crippen molar-refractivity contribution in [3.8, 4) is 10.9 Å². The van der Waals surface area contributed by atoms with Crippen LogP contribution in [-0.2, 0) is 11.3 Å². The minimum atomic E-state index is -0.806. The van der Waals surface area contributed by atoms with Gasteiger partial charge in [0.2, 0.25) is 16.0 Å². The van der Waals surface area contributed by atoms with Crippen LogP contribution in [0.2, 0.25) is 0 Å². The fourth-order valence-corrected chi connectivity index (χ4v) is 3.32. The topological polar surface area (TPSA) is 154 Å². The van der Waals surface area contributed by atoms with Crippen molar-refractivity contribution in [3.63, 3.8) is 0 Å². The van der Waals surface area contributed by atoms with Crippen LogP contribution in [0.25, 0.3) is 5.13 Å². The predicted molar refractivity (Wildman–Crippen MR) is 107 cm³/mol. The zero-order chi connectivity index (χ0) is 21.7. The van der Waals surface area contributed by atoms with Gasteiger partial charge in [-0.2, -0.15) is 5.10 Å². The molecule has 3 aromatic heterocycles. The largest absolute Gasteiger partial charge is 0.488 e. The Balaban J connectivity index is 1.82. The van der Waals surface area contributed by atoms with Crippen molar-refractivity contribution >= 4 is 28.1 Å². The van der Waals surface area contributed by atoms with Crippen molar-refractivity contribution in [2.75, 3.05) is 31.5 Å². The summed E-state index contributed by atoms with van der Waals surface area (Å²) in [6.45, 7) is 1.99. The van der Waals surface area contributed by atoms with E-state index in [-0.39, 0.29) is 29.3 Å². The number of methoxy groups -OCH3 is 2. The Bertz CT molecular complexity index is 1080. The van der Waals surface area contributed by atoms with E-state index in [1.165, 1.54) is 24.1 Å². The van der Waals surface area contributed by atoms with E-state index in [1.54, 1.807) is 13.2 Å². The van der Waals surface area contributed by atoms with Crippen molar-refractivity contribution < 1.29 is 23.8 Å². The minimum absolute atomic E-state index is 0.0529. The van der Waals surface area contributed by atoms with Gasteiger partial charge in [0.1, 0.15) is 0 Å². The van der Waals surface area contributed by atoms with Gasteiger partial charge in [0, 0.05) is 25.4 Å². The van der Waals surface area contributed by atoms with E-state index in [0.717, 1.165) is 11.3 Å². The summed E-state index contributed by atoms with van der Waals surface area (Å²) >= 11 is 1.03. The fourth-order valence-electron chi connectivity index (χ4n) is 2.58. The van der Waals surface area contributed by atoms with Crippen molar-refractivity contribution in [1.29, 1.82) is 0 Å². The SMILES string of the molecule is COC[C@@H](C)Nc1cc(C(=O)Nc2nnc(-n3nccc3CO)s2)oc(=O)c1OC. The zero-order valence-electron chi connectivity index (χ0n) is 16.4. The molecule has 13 heteroatoms. The summed E-state index contributed by atoms with van der Waals surface area (Å²) in [5, 5.41) is 27.3. The third-order valence-corrected chi connectivity index (χ3v) is 4.67. The molecule has 0 radical (unpaired) electrons. The van der Waals surface area contributed by atoms with Crippen molar-refractivity contribution in [3.05, 3.63) is 40.2 Å². The summed E-state index contributed by atoms with van der Waals surface area (Å²) in [5.74, 6) is -0.981. The summed E-state index contributed by atoms with van der Waals surface area (Å²) in [7, 11) is 2.88.